The molecule has 6 rings (SSSR count). The number of carbonyl (C=O) groups is 2. The van der Waals surface area contributed by atoms with Crippen molar-refractivity contribution < 1.29 is 32.2 Å². The number of piperidine rings is 1. The topological polar surface area (TPSA) is 79.6 Å². The zero-order chi connectivity index (χ0) is 28.0. The third-order valence-electron chi connectivity index (χ3n) is 8.17. The van der Waals surface area contributed by atoms with Gasteiger partial charge in [0.25, 0.3) is 0 Å². The molecule has 2 atom stereocenters. The maximum absolute atomic E-state index is 13.4. The van der Waals surface area contributed by atoms with Crippen molar-refractivity contribution in [3.05, 3.63) is 94.5 Å². The molecule has 0 radical (unpaired) electrons. The summed E-state index contributed by atoms with van der Waals surface area (Å²) in [4.78, 5) is 28.4. The summed E-state index contributed by atoms with van der Waals surface area (Å²) < 4.78 is 50.9. The maximum Gasteiger partial charge on any atom is 0.416 e. The van der Waals surface area contributed by atoms with E-state index in [2.05, 4.69) is 12.1 Å². The van der Waals surface area contributed by atoms with Crippen LogP contribution in [-0.4, -0.2) is 48.7 Å². The summed E-state index contributed by atoms with van der Waals surface area (Å²) in [5.74, 6) is -1.04. The van der Waals surface area contributed by atoms with Gasteiger partial charge >= 0.3 is 12.3 Å². The molecule has 9 heteroatoms. The molecule has 2 heterocycles. The van der Waals surface area contributed by atoms with Crippen molar-refractivity contribution in [3.8, 4) is 17.2 Å². The lowest BCUT2D eigenvalue weighted by molar-refractivity contribution is -0.137. The van der Waals surface area contributed by atoms with E-state index in [1.807, 2.05) is 36.4 Å². The predicted molar refractivity (Wildman–Crippen MR) is 139 cm³/mol. The molecule has 2 saturated heterocycles. The number of benzene rings is 3. The maximum atomic E-state index is 13.4. The lowest BCUT2D eigenvalue weighted by Crippen LogP contribution is -2.60. The molecular formula is C31H25F3N2O4. The van der Waals surface area contributed by atoms with Gasteiger partial charge in [0.1, 0.15) is 6.61 Å². The van der Waals surface area contributed by atoms with E-state index in [0.29, 0.717) is 6.07 Å². The Balaban J connectivity index is 1.17. The van der Waals surface area contributed by atoms with Crippen molar-refractivity contribution in [2.75, 3.05) is 19.8 Å². The number of nitrogens with zero attached hydrogens (tertiary/aromatic N) is 2. The van der Waals surface area contributed by atoms with Crippen LogP contribution in [0.1, 0.15) is 51.4 Å². The van der Waals surface area contributed by atoms with Gasteiger partial charge < -0.3 is 9.47 Å². The number of morpholine rings is 1. The number of rotatable bonds is 4. The first kappa shape index (κ1) is 26.1. The second-order valence-corrected chi connectivity index (χ2v) is 10.5. The zero-order valence-corrected chi connectivity index (χ0v) is 21.4. The van der Waals surface area contributed by atoms with E-state index in [0.717, 1.165) is 34.4 Å². The molecule has 3 aliphatic rings. The molecule has 40 heavy (non-hydrogen) atoms. The van der Waals surface area contributed by atoms with E-state index in [1.165, 1.54) is 0 Å². The van der Waals surface area contributed by atoms with E-state index >= 15 is 0 Å². The van der Waals surface area contributed by atoms with E-state index in [1.54, 1.807) is 11.0 Å². The summed E-state index contributed by atoms with van der Waals surface area (Å²) in [6.07, 6.45) is -4.55. The minimum Gasteiger partial charge on any atom is -0.448 e. The highest BCUT2D eigenvalue weighted by atomic mass is 19.4. The summed E-state index contributed by atoms with van der Waals surface area (Å²) in [6.45, 7) is 0.619. The average Bonchev–Trinajstić information content (AvgIpc) is 3.27. The zero-order valence-electron chi connectivity index (χ0n) is 21.4. The minimum atomic E-state index is -4.62. The fourth-order valence-electron chi connectivity index (χ4n) is 6.34. The largest absolute Gasteiger partial charge is 0.448 e. The van der Waals surface area contributed by atoms with Crippen LogP contribution < -0.4 is 0 Å². The van der Waals surface area contributed by atoms with Crippen molar-refractivity contribution in [2.24, 2.45) is 5.92 Å². The van der Waals surface area contributed by atoms with Crippen LogP contribution in [0.5, 0.6) is 0 Å². The highest BCUT2D eigenvalue weighted by Gasteiger charge is 2.45. The first-order valence-corrected chi connectivity index (χ1v) is 13.1. The highest BCUT2D eigenvalue weighted by Crippen LogP contribution is 2.45. The van der Waals surface area contributed by atoms with E-state index in [9.17, 15) is 28.0 Å². The van der Waals surface area contributed by atoms with Crippen molar-refractivity contribution in [3.63, 3.8) is 0 Å². The first-order chi connectivity index (χ1) is 19.3. The van der Waals surface area contributed by atoms with Crippen molar-refractivity contribution >= 4 is 11.9 Å². The van der Waals surface area contributed by atoms with Gasteiger partial charge in [0, 0.05) is 17.4 Å². The van der Waals surface area contributed by atoms with E-state index in [4.69, 9.17) is 9.47 Å². The second kappa shape index (κ2) is 10.1. The van der Waals surface area contributed by atoms with E-state index < -0.39 is 41.6 Å². The van der Waals surface area contributed by atoms with Gasteiger partial charge in [0.2, 0.25) is 0 Å². The number of ketones is 1. The molecular weight excluding hydrogens is 521 g/mol. The number of ether oxygens (including phenoxy) is 2. The minimum absolute atomic E-state index is 0.0333. The molecule has 204 valence electrons. The number of fused-ring (bicyclic) bond motifs is 5. The molecule has 0 N–H and O–H groups in total. The van der Waals surface area contributed by atoms with Crippen LogP contribution in [0.25, 0.3) is 11.1 Å². The van der Waals surface area contributed by atoms with Crippen molar-refractivity contribution in [1.29, 1.82) is 5.26 Å². The molecule has 2 fully saturated rings. The van der Waals surface area contributed by atoms with Crippen LogP contribution >= 0.6 is 0 Å². The first-order valence-electron chi connectivity index (χ1n) is 13.1. The Bertz CT molecular complexity index is 1470. The lowest BCUT2D eigenvalue weighted by atomic mass is 9.80. The summed E-state index contributed by atoms with van der Waals surface area (Å²) in [5.41, 5.74) is 3.15. The Morgan fingerprint density at radius 3 is 2.12 bits per heavy atom. The standard InChI is InChI=1S/C31H25F3N2O4/c32-31(33,34)20-9-10-23(19(11-20)14-35)29(37)18-12-21-15-39-16-22(13-18)36(21)30(38)40-17-28-26-7-3-1-5-24(26)25-6-2-4-8-27(25)28/h1-11,18,21-22,28H,12-13,15-17H2. The van der Waals surface area contributed by atoms with Crippen LogP contribution in [0.3, 0.4) is 0 Å². The van der Waals surface area contributed by atoms with Crippen LogP contribution in [-0.2, 0) is 15.7 Å². The molecule has 0 spiro atoms. The van der Waals surface area contributed by atoms with Gasteiger partial charge in [-0.25, -0.2) is 4.79 Å². The van der Waals surface area contributed by atoms with Gasteiger partial charge in [-0.1, -0.05) is 48.5 Å². The molecule has 3 aromatic rings. The Morgan fingerprint density at radius 1 is 0.950 bits per heavy atom. The number of hydrogen-bond donors (Lipinski definition) is 0. The lowest BCUT2D eigenvalue weighted by Gasteiger charge is -2.47. The number of alkyl halides is 3. The van der Waals surface area contributed by atoms with Gasteiger partial charge in [-0.05, 0) is 53.3 Å². The van der Waals surface area contributed by atoms with Gasteiger partial charge in [0.15, 0.2) is 5.78 Å². The molecule has 6 nitrogen and oxygen atoms in total. The van der Waals surface area contributed by atoms with Crippen LogP contribution in [0.4, 0.5) is 18.0 Å². The summed E-state index contributed by atoms with van der Waals surface area (Å²) in [5, 5.41) is 9.44. The second-order valence-electron chi connectivity index (χ2n) is 10.5. The van der Waals surface area contributed by atoms with Crippen molar-refractivity contribution in [2.45, 2.75) is 37.0 Å². The molecule has 3 aromatic carbocycles. The normalized spacial score (nSPS) is 21.8. The number of nitriles is 1. The van der Waals surface area contributed by atoms with Gasteiger partial charge in [-0.3, -0.25) is 9.69 Å². The summed E-state index contributed by atoms with van der Waals surface area (Å²) in [6, 6.07) is 19.6. The van der Waals surface area contributed by atoms with Crippen LogP contribution in [0, 0.1) is 17.2 Å². The SMILES string of the molecule is N#Cc1cc(C(F)(F)F)ccc1C(=O)C1CC2COCC(C1)N2C(=O)OCC1c2ccccc2-c2ccccc21. The summed E-state index contributed by atoms with van der Waals surface area (Å²) in [7, 11) is 0. The Kier molecular flexibility index (Phi) is 6.59. The monoisotopic (exact) mass is 546 g/mol. The number of halogens is 3. The average molecular weight is 547 g/mol. The number of Topliss-reactive ketones (excluding diaryl/α,β-unsaturated/α-hetero) is 1. The molecule has 2 bridgehead atoms. The van der Waals surface area contributed by atoms with Crippen LogP contribution in [0.2, 0.25) is 0 Å². The quantitative estimate of drug-likeness (QED) is 0.365. The number of carbonyl (C=O) groups excluding carboxylic acids is 2. The molecule has 2 unspecified atom stereocenters. The third kappa shape index (κ3) is 4.52. The fourth-order valence-corrected chi connectivity index (χ4v) is 6.34. The Morgan fingerprint density at radius 2 is 1.55 bits per heavy atom. The smallest absolute Gasteiger partial charge is 0.416 e. The van der Waals surface area contributed by atoms with Gasteiger partial charge in [-0.15, -0.1) is 0 Å². The van der Waals surface area contributed by atoms with E-state index in [-0.39, 0.29) is 49.7 Å². The Labute approximate surface area is 228 Å². The number of hydrogen-bond acceptors (Lipinski definition) is 5. The van der Waals surface area contributed by atoms with Crippen LogP contribution in [0.15, 0.2) is 66.7 Å². The molecule has 1 aliphatic carbocycles. The molecule has 0 saturated carbocycles. The highest BCUT2D eigenvalue weighted by molar-refractivity contribution is 6.00. The molecule has 0 aromatic heterocycles. The fraction of sp³-hybridized carbons (Fsp3) is 0.323. The van der Waals surface area contributed by atoms with Gasteiger partial charge in [0.05, 0.1) is 42.5 Å². The predicted octanol–water partition coefficient (Wildman–Crippen LogP) is 6.19. The molecule has 2 aliphatic heterocycles. The van der Waals surface area contributed by atoms with Gasteiger partial charge in [-0.2, -0.15) is 18.4 Å². The summed E-state index contributed by atoms with van der Waals surface area (Å²) >= 11 is 0. The van der Waals surface area contributed by atoms with Crippen molar-refractivity contribution in [1.82, 2.24) is 4.90 Å². The Hall–Kier alpha value is -4.16. The number of amides is 1. The molecule has 1 amide bonds. The third-order valence-corrected chi connectivity index (χ3v) is 8.17.